The number of hydrogen-bond donors (Lipinski definition) is 0. The first-order chi connectivity index (χ1) is 11.2. The number of carbonyl (C=O) groups excluding carboxylic acids is 1. The lowest BCUT2D eigenvalue weighted by molar-refractivity contribution is -0.136. The molecule has 1 aromatic heterocycles. The number of hydrogen-bond acceptors (Lipinski definition) is 4. The third kappa shape index (κ3) is 3.63. The standard InChI is InChI=1S/C17H25N3O3/c1-23-12-17(22)19-9-7-14(8-10-19)20-16(21)11-13-5-3-2-4-6-15(13)18-20/h11,14H,2-10,12H2,1H3. The normalized spacial score (nSPS) is 19.3. The van der Waals surface area contributed by atoms with E-state index in [1.54, 1.807) is 10.7 Å². The first-order valence-electron chi connectivity index (χ1n) is 8.57. The van der Waals surface area contributed by atoms with Crippen LogP contribution in [-0.4, -0.2) is 47.4 Å². The summed E-state index contributed by atoms with van der Waals surface area (Å²) in [6.45, 7) is 1.46. The van der Waals surface area contributed by atoms with Crippen molar-refractivity contribution in [1.29, 1.82) is 0 Å². The van der Waals surface area contributed by atoms with Gasteiger partial charge < -0.3 is 9.64 Å². The van der Waals surface area contributed by atoms with Crippen LogP contribution in [0.4, 0.5) is 0 Å². The second-order valence-corrected chi connectivity index (χ2v) is 6.50. The number of nitrogens with zero attached hydrogens (tertiary/aromatic N) is 3. The van der Waals surface area contributed by atoms with Gasteiger partial charge in [-0.15, -0.1) is 0 Å². The highest BCUT2D eigenvalue weighted by Crippen LogP contribution is 2.22. The first kappa shape index (κ1) is 16.2. The second kappa shape index (κ2) is 7.25. The Bertz CT molecular complexity index is 618. The van der Waals surface area contributed by atoms with Crippen molar-refractivity contribution >= 4 is 5.91 Å². The first-order valence-corrected chi connectivity index (χ1v) is 8.57. The number of methoxy groups -OCH3 is 1. The summed E-state index contributed by atoms with van der Waals surface area (Å²) in [4.78, 5) is 26.1. The Hall–Kier alpha value is -1.69. The Balaban J connectivity index is 1.72. The van der Waals surface area contributed by atoms with Gasteiger partial charge in [-0.25, -0.2) is 4.68 Å². The average Bonchev–Trinajstić information content (AvgIpc) is 2.79. The van der Waals surface area contributed by atoms with E-state index in [4.69, 9.17) is 4.74 Å². The number of aromatic nitrogens is 2. The van der Waals surface area contributed by atoms with Crippen molar-refractivity contribution in [2.75, 3.05) is 26.8 Å². The van der Waals surface area contributed by atoms with Crippen molar-refractivity contribution < 1.29 is 9.53 Å². The monoisotopic (exact) mass is 319 g/mol. The van der Waals surface area contributed by atoms with Crippen molar-refractivity contribution in [3.63, 3.8) is 0 Å². The van der Waals surface area contributed by atoms with Gasteiger partial charge in [0.2, 0.25) is 5.91 Å². The summed E-state index contributed by atoms with van der Waals surface area (Å²) in [5, 5.41) is 4.68. The summed E-state index contributed by atoms with van der Waals surface area (Å²) in [5.74, 6) is 0.0215. The molecule has 0 radical (unpaired) electrons. The lowest BCUT2D eigenvalue weighted by Gasteiger charge is -2.32. The number of likely N-dealkylation sites (tertiary alicyclic amines) is 1. The molecule has 2 aliphatic rings. The number of ether oxygens (including phenoxy) is 1. The number of aryl methyl sites for hydroxylation is 2. The van der Waals surface area contributed by atoms with Gasteiger partial charge in [0.05, 0.1) is 11.7 Å². The van der Waals surface area contributed by atoms with Crippen LogP contribution in [0.3, 0.4) is 0 Å². The van der Waals surface area contributed by atoms with Crippen LogP contribution in [0.15, 0.2) is 10.9 Å². The van der Waals surface area contributed by atoms with Crippen LogP contribution in [0.25, 0.3) is 0 Å². The zero-order chi connectivity index (χ0) is 16.2. The molecule has 1 aliphatic heterocycles. The molecule has 6 nitrogen and oxygen atoms in total. The van der Waals surface area contributed by atoms with E-state index in [1.165, 1.54) is 13.5 Å². The van der Waals surface area contributed by atoms with Crippen LogP contribution in [0.2, 0.25) is 0 Å². The van der Waals surface area contributed by atoms with Gasteiger partial charge >= 0.3 is 0 Å². The Kier molecular flexibility index (Phi) is 5.10. The van der Waals surface area contributed by atoms with Crippen molar-refractivity contribution in [2.45, 2.75) is 51.0 Å². The van der Waals surface area contributed by atoms with Crippen LogP contribution in [0.1, 0.15) is 49.4 Å². The Morgan fingerprint density at radius 1 is 1.26 bits per heavy atom. The lowest BCUT2D eigenvalue weighted by atomic mass is 10.0. The molecule has 2 heterocycles. The zero-order valence-corrected chi connectivity index (χ0v) is 13.8. The SMILES string of the molecule is COCC(=O)N1CCC(n2nc3c(cc2=O)CCCCC3)CC1. The van der Waals surface area contributed by atoms with Crippen molar-refractivity contribution in [1.82, 2.24) is 14.7 Å². The summed E-state index contributed by atoms with van der Waals surface area (Å²) >= 11 is 0. The molecule has 3 rings (SSSR count). The van der Waals surface area contributed by atoms with Crippen LogP contribution in [0.5, 0.6) is 0 Å². The molecule has 126 valence electrons. The summed E-state index contributed by atoms with van der Waals surface area (Å²) in [6.07, 6.45) is 7.02. The highest BCUT2D eigenvalue weighted by molar-refractivity contribution is 5.77. The number of fused-ring (bicyclic) bond motifs is 1. The topological polar surface area (TPSA) is 64.4 Å². The van der Waals surface area contributed by atoms with E-state index < -0.39 is 0 Å². The van der Waals surface area contributed by atoms with E-state index in [1.807, 2.05) is 4.90 Å². The van der Waals surface area contributed by atoms with Crippen molar-refractivity contribution in [2.24, 2.45) is 0 Å². The number of carbonyl (C=O) groups is 1. The van der Waals surface area contributed by atoms with Crippen molar-refractivity contribution in [3.8, 4) is 0 Å². The Morgan fingerprint density at radius 2 is 2.00 bits per heavy atom. The average molecular weight is 319 g/mol. The molecule has 1 aliphatic carbocycles. The fraction of sp³-hybridized carbons (Fsp3) is 0.706. The van der Waals surface area contributed by atoms with E-state index in [0.29, 0.717) is 13.1 Å². The lowest BCUT2D eigenvalue weighted by Crippen LogP contribution is -2.42. The van der Waals surface area contributed by atoms with Gasteiger partial charge in [-0.05, 0) is 44.1 Å². The third-order valence-electron chi connectivity index (χ3n) is 4.91. The van der Waals surface area contributed by atoms with Gasteiger partial charge in [-0.1, -0.05) is 6.42 Å². The molecule has 0 saturated carbocycles. The molecule has 1 fully saturated rings. The molecular formula is C17H25N3O3. The minimum absolute atomic E-state index is 0.00678. The molecule has 23 heavy (non-hydrogen) atoms. The van der Waals surface area contributed by atoms with Gasteiger partial charge in [-0.2, -0.15) is 5.10 Å². The molecule has 1 amide bonds. The number of piperidine rings is 1. The van der Waals surface area contributed by atoms with Crippen molar-refractivity contribution in [3.05, 3.63) is 27.7 Å². The fourth-order valence-corrected chi connectivity index (χ4v) is 3.59. The van der Waals surface area contributed by atoms with Crippen LogP contribution in [-0.2, 0) is 22.4 Å². The predicted molar refractivity (Wildman–Crippen MR) is 86.5 cm³/mol. The molecule has 1 saturated heterocycles. The highest BCUT2D eigenvalue weighted by atomic mass is 16.5. The maximum absolute atomic E-state index is 12.4. The molecule has 0 bridgehead atoms. The third-order valence-corrected chi connectivity index (χ3v) is 4.91. The van der Waals surface area contributed by atoms with Gasteiger partial charge in [0.15, 0.2) is 0 Å². The Labute approximate surface area is 136 Å². The molecule has 0 N–H and O–H groups in total. The van der Waals surface area contributed by atoms with E-state index in [9.17, 15) is 9.59 Å². The highest BCUT2D eigenvalue weighted by Gasteiger charge is 2.25. The summed E-state index contributed by atoms with van der Waals surface area (Å²) in [5.41, 5.74) is 2.24. The largest absolute Gasteiger partial charge is 0.375 e. The summed E-state index contributed by atoms with van der Waals surface area (Å²) in [7, 11) is 1.53. The second-order valence-electron chi connectivity index (χ2n) is 6.50. The zero-order valence-electron chi connectivity index (χ0n) is 13.8. The van der Waals surface area contributed by atoms with E-state index in [-0.39, 0.29) is 24.1 Å². The van der Waals surface area contributed by atoms with E-state index >= 15 is 0 Å². The minimum Gasteiger partial charge on any atom is -0.375 e. The number of amides is 1. The Morgan fingerprint density at radius 3 is 2.74 bits per heavy atom. The van der Waals surface area contributed by atoms with Crippen LogP contribution >= 0.6 is 0 Å². The van der Waals surface area contributed by atoms with E-state index in [2.05, 4.69) is 5.10 Å². The fourth-order valence-electron chi connectivity index (χ4n) is 3.59. The van der Waals surface area contributed by atoms with Gasteiger partial charge in [0.1, 0.15) is 6.61 Å². The van der Waals surface area contributed by atoms with Gasteiger partial charge in [-0.3, -0.25) is 9.59 Å². The molecule has 6 heteroatoms. The quantitative estimate of drug-likeness (QED) is 0.788. The number of rotatable bonds is 3. The maximum atomic E-state index is 12.4. The molecule has 0 aromatic carbocycles. The molecular weight excluding hydrogens is 294 g/mol. The van der Waals surface area contributed by atoms with Crippen LogP contribution < -0.4 is 5.56 Å². The predicted octanol–water partition coefficient (Wildman–Crippen LogP) is 1.32. The smallest absolute Gasteiger partial charge is 0.267 e. The maximum Gasteiger partial charge on any atom is 0.267 e. The molecule has 1 aromatic rings. The molecule has 0 spiro atoms. The minimum atomic E-state index is 0.00678. The summed E-state index contributed by atoms with van der Waals surface area (Å²) in [6, 6.07) is 1.89. The molecule has 0 unspecified atom stereocenters. The van der Waals surface area contributed by atoms with Gasteiger partial charge in [0, 0.05) is 26.3 Å². The van der Waals surface area contributed by atoms with Gasteiger partial charge in [0.25, 0.3) is 5.56 Å². The van der Waals surface area contributed by atoms with Crippen LogP contribution in [0, 0.1) is 0 Å². The summed E-state index contributed by atoms with van der Waals surface area (Å²) < 4.78 is 6.57. The van der Waals surface area contributed by atoms with E-state index in [0.717, 1.165) is 49.8 Å². The molecule has 0 atom stereocenters.